The van der Waals surface area contributed by atoms with E-state index in [1.54, 1.807) is 44.2 Å². The van der Waals surface area contributed by atoms with Crippen molar-refractivity contribution < 1.29 is 14.7 Å². The van der Waals surface area contributed by atoms with Crippen molar-refractivity contribution in [3.8, 4) is 0 Å². The number of aliphatic carboxylic acids is 1. The van der Waals surface area contributed by atoms with Crippen molar-refractivity contribution >= 4 is 23.6 Å². The van der Waals surface area contributed by atoms with Crippen LogP contribution in [0.1, 0.15) is 19.4 Å². The number of carboxylic acid groups (broad SMARTS) is 1. The van der Waals surface area contributed by atoms with Crippen LogP contribution in [0.25, 0.3) is 6.08 Å². The highest BCUT2D eigenvalue weighted by molar-refractivity contribution is 5.93. The predicted octanol–water partition coefficient (Wildman–Crippen LogP) is 1.60. The molecule has 1 aromatic rings. The van der Waals surface area contributed by atoms with Crippen molar-refractivity contribution in [3.63, 3.8) is 0 Å². The summed E-state index contributed by atoms with van der Waals surface area (Å²) >= 11 is 0. The first-order valence-electron chi connectivity index (χ1n) is 5.96. The maximum absolute atomic E-state index is 11.9. The molecular formula is C14H18N2O3. The van der Waals surface area contributed by atoms with Crippen LogP contribution in [0.15, 0.2) is 30.3 Å². The number of anilines is 1. The Hall–Kier alpha value is -2.30. The molecule has 0 heterocycles. The SMILES string of the molecule is CC(C)N(CC(=O)O)C(=O)/C=C/c1ccc(N)cc1. The van der Waals surface area contributed by atoms with Gasteiger partial charge in [0.15, 0.2) is 0 Å². The molecule has 0 radical (unpaired) electrons. The fourth-order valence-corrected chi connectivity index (χ4v) is 1.53. The van der Waals surface area contributed by atoms with E-state index >= 15 is 0 Å². The Labute approximate surface area is 112 Å². The zero-order valence-corrected chi connectivity index (χ0v) is 11.0. The molecule has 0 aliphatic rings. The average Bonchev–Trinajstić information content (AvgIpc) is 2.34. The molecule has 3 N–H and O–H groups in total. The molecule has 0 spiro atoms. The molecule has 0 saturated heterocycles. The number of carbonyl (C=O) groups excluding carboxylic acids is 1. The van der Waals surface area contributed by atoms with Crippen molar-refractivity contribution in [2.45, 2.75) is 19.9 Å². The Morgan fingerprint density at radius 3 is 2.37 bits per heavy atom. The topological polar surface area (TPSA) is 83.6 Å². The van der Waals surface area contributed by atoms with Gasteiger partial charge in [0, 0.05) is 17.8 Å². The Bertz CT molecular complexity index is 478. The Kier molecular flexibility index (Phi) is 5.11. The summed E-state index contributed by atoms with van der Waals surface area (Å²) in [6, 6.07) is 6.88. The molecule has 5 nitrogen and oxygen atoms in total. The van der Waals surface area contributed by atoms with Crippen LogP contribution in [-0.4, -0.2) is 34.5 Å². The van der Waals surface area contributed by atoms with Crippen LogP contribution < -0.4 is 5.73 Å². The minimum Gasteiger partial charge on any atom is -0.480 e. The summed E-state index contributed by atoms with van der Waals surface area (Å²) in [5.41, 5.74) is 7.05. The van der Waals surface area contributed by atoms with Crippen LogP contribution in [0.4, 0.5) is 5.69 Å². The van der Waals surface area contributed by atoms with Gasteiger partial charge in [0.05, 0.1) is 0 Å². The Morgan fingerprint density at radius 1 is 1.32 bits per heavy atom. The number of carbonyl (C=O) groups is 2. The quantitative estimate of drug-likeness (QED) is 0.623. The second kappa shape index (κ2) is 6.58. The van der Waals surface area contributed by atoms with Crippen LogP contribution in [-0.2, 0) is 9.59 Å². The molecule has 1 rings (SSSR count). The summed E-state index contributed by atoms with van der Waals surface area (Å²) < 4.78 is 0. The molecule has 5 heteroatoms. The molecule has 1 amide bonds. The lowest BCUT2D eigenvalue weighted by Gasteiger charge is -2.23. The van der Waals surface area contributed by atoms with Crippen molar-refractivity contribution in [1.82, 2.24) is 4.90 Å². The van der Waals surface area contributed by atoms with Gasteiger partial charge in [0.2, 0.25) is 5.91 Å². The number of nitrogens with two attached hydrogens (primary N) is 1. The zero-order valence-electron chi connectivity index (χ0n) is 11.0. The lowest BCUT2D eigenvalue weighted by atomic mass is 10.2. The normalized spacial score (nSPS) is 10.9. The summed E-state index contributed by atoms with van der Waals surface area (Å²) in [7, 11) is 0. The van der Waals surface area contributed by atoms with Crippen LogP contribution in [0.2, 0.25) is 0 Å². The summed E-state index contributed by atoms with van der Waals surface area (Å²) in [5.74, 6) is -1.35. The predicted molar refractivity (Wildman–Crippen MR) is 74.4 cm³/mol. The highest BCUT2D eigenvalue weighted by Gasteiger charge is 2.17. The molecule has 0 saturated carbocycles. The number of amides is 1. The summed E-state index contributed by atoms with van der Waals surface area (Å²) in [5, 5.41) is 8.77. The first-order valence-corrected chi connectivity index (χ1v) is 5.96. The van der Waals surface area contributed by atoms with E-state index in [4.69, 9.17) is 10.8 Å². The van der Waals surface area contributed by atoms with E-state index in [1.807, 2.05) is 0 Å². The molecule has 102 valence electrons. The standard InChI is InChI=1S/C14H18N2O3/c1-10(2)16(9-14(18)19)13(17)8-5-11-3-6-12(15)7-4-11/h3-8,10H,9,15H2,1-2H3,(H,18,19)/b8-5+. The lowest BCUT2D eigenvalue weighted by Crippen LogP contribution is -2.39. The molecule has 0 bridgehead atoms. The minimum atomic E-state index is -1.03. The molecule has 0 aliphatic carbocycles. The Balaban J connectivity index is 2.75. The fraction of sp³-hybridized carbons (Fsp3) is 0.286. The van der Waals surface area contributed by atoms with Crippen molar-refractivity contribution in [2.24, 2.45) is 0 Å². The van der Waals surface area contributed by atoms with Crippen LogP contribution in [0, 0.1) is 0 Å². The molecule has 0 atom stereocenters. The number of carboxylic acids is 1. The monoisotopic (exact) mass is 262 g/mol. The Morgan fingerprint density at radius 2 is 1.89 bits per heavy atom. The fourth-order valence-electron chi connectivity index (χ4n) is 1.53. The molecule has 1 aromatic carbocycles. The van der Waals surface area contributed by atoms with Gasteiger partial charge >= 0.3 is 5.97 Å². The van der Waals surface area contributed by atoms with Crippen LogP contribution in [0.5, 0.6) is 0 Å². The van der Waals surface area contributed by atoms with Gasteiger partial charge in [-0.3, -0.25) is 9.59 Å². The molecule has 0 aromatic heterocycles. The van der Waals surface area contributed by atoms with Gasteiger partial charge in [-0.25, -0.2) is 0 Å². The lowest BCUT2D eigenvalue weighted by molar-refractivity contribution is -0.143. The number of rotatable bonds is 5. The summed E-state index contributed by atoms with van der Waals surface area (Å²) in [6.45, 7) is 3.25. The molecule has 19 heavy (non-hydrogen) atoms. The highest BCUT2D eigenvalue weighted by atomic mass is 16.4. The maximum Gasteiger partial charge on any atom is 0.323 e. The second-order valence-corrected chi connectivity index (χ2v) is 4.45. The van der Waals surface area contributed by atoms with E-state index in [1.165, 1.54) is 11.0 Å². The van der Waals surface area contributed by atoms with Crippen LogP contribution >= 0.6 is 0 Å². The van der Waals surface area contributed by atoms with E-state index in [0.29, 0.717) is 5.69 Å². The van der Waals surface area contributed by atoms with E-state index in [2.05, 4.69) is 0 Å². The van der Waals surface area contributed by atoms with Crippen LogP contribution in [0.3, 0.4) is 0 Å². The van der Waals surface area contributed by atoms with Gasteiger partial charge in [-0.05, 0) is 37.6 Å². The van der Waals surface area contributed by atoms with E-state index in [9.17, 15) is 9.59 Å². The molecule has 0 unspecified atom stereocenters. The van der Waals surface area contributed by atoms with Gasteiger partial charge in [-0.2, -0.15) is 0 Å². The summed E-state index contributed by atoms with van der Waals surface area (Å²) in [6.07, 6.45) is 3.01. The van der Waals surface area contributed by atoms with Crippen molar-refractivity contribution in [1.29, 1.82) is 0 Å². The third-order valence-electron chi connectivity index (χ3n) is 2.57. The average molecular weight is 262 g/mol. The first-order chi connectivity index (χ1) is 8.90. The minimum absolute atomic E-state index is 0.167. The number of hydrogen-bond acceptors (Lipinski definition) is 3. The smallest absolute Gasteiger partial charge is 0.323 e. The molecular weight excluding hydrogens is 244 g/mol. The van der Waals surface area contributed by atoms with Gasteiger partial charge in [-0.1, -0.05) is 12.1 Å². The molecule has 0 fully saturated rings. The molecule has 0 aliphatic heterocycles. The van der Waals surface area contributed by atoms with E-state index in [0.717, 1.165) is 5.56 Å². The van der Waals surface area contributed by atoms with Gasteiger partial charge in [0.1, 0.15) is 6.54 Å². The number of nitrogen functional groups attached to an aromatic ring is 1. The van der Waals surface area contributed by atoms with E-state index < -0.39 is 5.97 Å². The zero-order chi connectivity index (χ0) is 14.4. The highest BCUT2D eigenvalue weighted by Crippen LogP contribution is 2.08. The third kappa shape index (κ3) is 4.83. The number of nitrogens with zero attached hydrogens (tertiary/aromatic N) is 1. The number of hydrogen-bond donors (Lipinski definition) is 2. The summed E-state index contributed by atoms with van der Waals surface area (Å²) in [4.78, 5) is 23.9. The number of benzene rings is 1. The third-order valence-corrected chi connectivity index (χ3v) is 2.57. The van der Waals surface area contributed by atoms with Gasteiger partial charge in [0.25, 0.3) is 0 Å². The van der Waals surface area contributed by atoms with Gasteiger partial charge in [-0.15, -0.1) is 0 Å². The van der Waals surface area contributed by atoms with Gasteiger partial charge < -0.3 is 15.7 Å². The second-order valence-electron chi connectivity index (χ2n) is 4.45. The van der Waals surface area contributed by atoms with E-state index in [-0.39, 0.29) is 18.5 Å². The first kappa shape index (κ1) is 14.8. The largest absolute Gasteiger partial charge is 0.480 e. The maximum atomic E-state index is 11.9. The van der Waals surface area contributed by atoms with Crippen molar-refractivity contribution in [2.75, 3.05) is 12.3 Å². The van der Waals surface area contributed by atoms with Crippen molar-refractivity contribution in [3.05, 3.63) is 35.9 Å².